The number of nitriles is 1. The number of aryl methyl sites for hydroxylation is 1. The second-order valence-electron chi connectivity index (χ2n) is 5.04. The number of nitrogens with one attached hydrogen (secondary N) is 1. The standard InChI is InChI=1S/C16H15FN6/c17-13-4-1-3-12(9-13)5-7-19-15-14-10-22-23(8-2-6-18)16(14)21-11-20-15/h1,3-4,9-11H,2,5,7-8H2,(H,19,20,21). The maximum Gasteiger partial charge on any atom is 0.163 e. The van der Waals surface area contributed by atoms with Crippen LogP contribution in [-0.4, -0.2) is 26.3 Å². The minimum atomic E-state index is -0.231. The molecule has 1 N–H and O–H groups in total. The van der Waals surface area contributed by atoms with Crippen molar-refractivity contribution in [2.75, 3.05) is 11.9 Å². The van der Waals surface area contributed by atoms with Gasteiger partial charge in [0.25, 0.3) is 0 Å². The molecule has 3 aromatic rings. The molecule has 2 heterocycles. The highest BCUT2D eigenvalue weighted by Gasteiger charge is 2.09. The summed E-state index contributed by atoms with van der Waals surface area (Å²) in [4.78, 5) is 8.46. The van der Waals surface area contributed by atoms with Gasteiger partial charge < -0.3 is 5.32 Å². The van der Waals surface area contributed by atoms with E-state index in [4.69, 9.17) is 5.26 Å². The number of fused-ring (bicyclic) bond motifs is 1. The number of hydrogen-bond donors (Lipinski definition) is 1. The fourth-order valence-electron chi connectivity index (χ4n) is 2.37. The van der Waals surface area contributed by atoms with Crippen LogP contribution >= 0.6 is 0 Å². The van der Waals surface area contributed by atoms with Gasteiger partial charge in [0.15, 0.2) is 5.65 Å². The van der Waals surface area contributed by atoms with E-state index in [0.29, 0.717) is 37.4 Å². The second kappa shape index (κ2) is 6.83. The van der Waals surface area contributed by atoms with Crippen molar-refractivity contribution in [1.82, 2.24) is 19.7 Å². The summed E-state index contributed by atoms with van der Waals surface area (Å²) >= 11 is 0. The van der Waals surface area contributed by atoms with Gasteiger partial charge in [-0.05, 0) is 24.1 Å². The number of hydrogen-bond acceptors (Lipinski definition) is 5. The van der Waals surface area contributed by atoms with Gasteiger partial charge in [-0.3, -0.25) is 0 Å². The number of benzene rings is 1. The van der Waals surface area contributed by atoms with Crippen LogP contribution in [0.4, 0.5) is 10.2 Å². The highest BCUT2D eigenvalue weighted by molar-refractivity contribution is 5.86. The van der Waals surface area contributed by atoms with Gasteiger partial charge >= 0.3 is 0 Å². The molecule has 0 unspecified atom stereocenters. The zero-order valence-electron chi connectivity index (χ0n) is 12.4. The number of nitrogens with zero attached hydrogens (tertiary/aromatic N) is 5. The van der Waals surface area contributed by atoms with E-state index in [1.807, 2.05) is 6.07 Å². The Morgan fingerprint density at radius 3 is 3.04 bits per heavy atom. The van der Waals surface area contributed by atoms with Crippen LogP contribution in [0.1, 0.15) is 12.0 Å². The van der Waals surface area contributed by atoms with Crippen molar-refractivity contribution in [3.63, 3.8) is 0 Å². The van der Waals surface area contributed by atoms with Gasteiger partial charge in [0.05, 0.1) is 30.6 Å². The quantitative estimate of drug-likeness (QED) is 0.757. The van der Waals surface area contributed by atoms with Crippen molar-refractivity contribution in [2.45, 2.75) is 19.4 Å². The third-order valence-corrected chi connectivity index (χ3v) is 3.46. The van der Waals surface area contributed by atoms with Crippen LogP contribution in [0.3, 0.4) is 0 Å². The molecule has 116 valence electrons. The Morgan fingerprint density at radius 1 is 1.30 bits per heavy atom. The lowest BCUT2D eigenvalue weighted by Crippen LogP contribution is -2.07. The van der Waals surface area contributed by atoms with Crippen LogP contribution in [0.5, 0.6) is 0 Å². The highest BCUT2D eigenvalue weighted by Crippen LogP contribution is 2.18. The third kappa shape index (κ3) is 3.43. The van der Waals surface area contributed by atoms with Gasteiger partial charge in [0, 0.05) is 6.54 Å². The van der Waals surface area contributed by atoms with Crippen molar-refractivity contribution in [3.8, 4) is 6.07 Å². The smallest absolute Gasteiger partial charge is 0.163 e. The molecule has 7 heteroatoms. The van der Waals surface area contributed by atoms with E-state index < -0.39 is 0 Å². The van der Waals surface area contributed by atoms with E-state index in [1.165, 1.54) is 18.5 Å². The molecule has 0 fully saturated rings. The summed E-state index contributed by atoms with van der Waals surface area (Å²) in [6.45, 7) is 1.12. The van der Waals surface area contributed by atoms with Gasteiger partial charge in [0.1, 0.15) is 18.0 Å². The first-order valence-electron chi connectivity index (χ1n) is 7.29. The van der Waals surface area contributed by atoms with E-state index in [-0.39, 0.29) is 5.82 Å². The summed E-state index contributed by atoms with van der Waals surface area (Å²) in [5.41, 5.74) is 1.62. The Morgan fingerprint density at radius 2 is 2.22 bits per heavy atom. The van der Waals surface area contributed by atoms with E-state index >= 15 is 0 Å². The number of rotatable bonds is 6. The molecule has 6 nitrogen and oxygen atoms in total. The first kappa shape index (κ1) is 14.9. The van der Waals surface area contributed by atoms with Crippen LogP contribution in [0, 0.1) is 17.1 Å². The third-order valence-electron chi connectivity index (χ3n) is 3.46. The number of aromatic nitrogens is 4. The van der Waals surface area contributed by atoms with Gasteiger partial charge in [0.2, 0.25) is 0 Å². The summed E-state index contributed by atoms with van der Waals surface area (Å²) in [6, 6.07) is 8.64. The summed E-state index contributed by atoms with van der Waals surface area (Å²) in [5.74, 6) is 0.459. The van der Waals surface area contributed by atoms with Crippen LogP contribution in [0.25, 0.3) is 11.0 Å². The topological polar surface area (TPSA) is 79.4 Å². The molecule has 0 saturated carbocycles. The lowest BCUT2D eigenvalue weighted by molar-refractivity contribution is 0.625. The Labute approximate surface area is 132 Å². The van der Waals surface area contributed by atoms with Gasteiger partial charge in [-0.2, -0.15) is 10.4 Å². The summed E-state index contributed by atoms with van der Waals surface area (Å²) in [5, 5.41) is 17.0. The van der Waals surface area contributed by atoms with E-state index in [9.17, 15) is 4.39 Å². The minimum absolute atomic E-state index is 0.231. The fraction of sp³-hybridized carbons (Fsp3) is 0.250. The largest absolute Gasteiger partial charge is 0.369 e. The summed E-state index contributed by atoms with van der Waals surface area (Å²) in [6.07, 6.45) is 4.23. The van der Waals surface area contributed by atoms with Gasteiger partial charge in [-0.1, -0.05) is 12.1 Å². The van der Waals surface area contributed by atoms with Crippen molar-refractivity contribution in [3.05, 3.63) is 48.2 Å². The molecule has 23 heavy (non-hydrogen) atoms. The van der Waals surface area contributed by atoms with E-state index in [0.717, 1.165) is 10.9 Å². The maximum atomic E-state index is 13.2. The molecule has 0 spiro atoms. The molecule has 0 atom stereocenters. The minimum Gasteiger partial charge on any atom is -0.369 e. The molecular weight excluding hydrogens is 295 g/mol. The predicted molar refractivity (Wildman–Crippen MR) is 84.1 cm³/mol. The number of halogens is 1. The normalized spacial score (nSPS) is 10.6. The first-order valence-corrected chi connectivity index (χ1v) is 7.29. The summed E-state index contributed by atoms with van der Waals surface area (Å²) < 4.78 is 14.8. The number of anilines is 1. The molecule has 1 aromatic carbocycles. The average Bonchev–Trinajstić information content (AvgIpc) is 2.97. The van der Waals surface area contributed by atoms with Crippen LogP contribution in [0.2, 0.25) is 0 Å². The van der Waals surface area contributed by atoms with E-state index in [2.05, 4.69) is 26.5 Å². The van der Waals surface area contributed by atoms with Crippen molar-refractivity contribution < 1.29 is 4.39 Å². The molecule has 2 aromatic heterocycles. The lowest BCUT2D eigenvalue weighted by Gasteiger charge is -2.07. The SMILES string of the molecule is N#CCCn1ncc2c(NCCc3cccc(F)c3)ncnc21. The molecular formula is C16H15FN6. The molecule has 0 aliphatic carbocycles. The van der Waals surface area contributed by atoms with Crippen molar-refractivity contribution in [2.24, 2.45) is 0 Å². The molecule has 3 rings (SSSR count). The zero-order valence-corrected chi connectivity index (χ0v) is 12.4. The lowest BCUT2D eigenvalue weighted by atomic mass is 10.1. The van der Waals surface area contributed by atoms with Crippen LogP contribution in [-0.2, 0) is 13.0 Å². The molecule has 0 aliphatic rings. The Kier molecular flexibility index (Phi) is 4.43. The molecule has 0 aliphatic heterocycles. The zero-order chi connectivity index (χ0) is 16.1. The fourth-order valence-corrected chi connectivity index (χ4v) is 2.37. The molecule has 0 amide bonds. The van der Waals surface area contributed by atoms with Gasteiger partial charge in [-0.25, -0.2) is 19.0 Å². The average molecular weight is 310 g/mol. The van der Waals surface area contributed by atoms with E-state index in [1.54, 1.807) is 16.9 Å². The maximum absolute atomic E-state index is 13.2. The van der Waals surface area contributed by atoms with Crippen LogP contribution in [0.15, 0.2) is 36.8 Å². The van der Waals surface area contributed by atoms with Crippen molar-refractivity contribution in [1.29, 1.82) is 5.26 Å². The van der Waals surface area contributed by atoms with Gasteiger partial charge in [-0.15, -0.1) is 0 Å². The molecule has 0 saturated heterocycles. The van der Waals surface area contributed by atoms with Crippen LogP contribution < -0.4 is 5.32 Å². The first-order chi connectivity index (χ1) is 11.3. The Bertz CT molecular complexity index is 851. The summed E-state index contributed by atoms with van der Waals surface area (Å²) in [7, 11) is 0. The Balaban J connectivity index is 1.71. The highest BCUT2D eigenvalue weighted by atomic mass is 19.1. The predicted octanol–water partition coefficient (Wildman–Crippen LogP) is 2.53. The molecule has 0 radical (unpaired) electrons. The second-order valence-corrected chi connectivity index (χ2v) is 5.04. The Hall–Kier alpha value is -3.01. The monoisotopic (exact) mass is 310 g/mol. The molecule has 0 bridgehead atoms. The van der Waals surface area contributed by atoms with Crippen molar-refractivity contribution >= 4 is 16.9 Å².